The number of thioether (sulfide) groups is 1. The van der Waals surface area contributed by atoms with Gasteiger partial charge in [0.1, 0.15) is 11.9 Å². The van der Waals surface area contributed by atoms with Crippen molar-refractivity contribution in [3.05, 3.63) is 42.2 Å². The number of nitrogens with zero attached hydrogens (tertiary/aromatic N) is 4. The van der Waals surface area contributed by atoms with E-state index in [1.54, 1.807) is 35.2 Å². The number of amides is 4. The van der Waals surface area contributed by atoms with Crippen LogP contribution >= 0.6 is 11.8 Å². The average Bonchev–Trinajstić information content (AvgIpc) is 3.25. The van der Waals surface area contributed by atoms with E-state index in [0.29, 0.717) is 23.7 Å². The first kappa shape index (κ1) is 18.9. The molecule has 0 unspecified atom stereocenters. The van der Waals surface area contributed by atoms with Gasteiger partial charge in [-0.05, 0) is 18.9 Å². The minimum absolute atomic E-state index is 0.000214. The minimum Gasteiger partial charge on any atom is -0.318 e. The van der Waals surface area contributed by atoms with Gasteiger partial charge >= 0.3 is 6.03 Å². The topological polar surface area (TPSA) is 109 Å². The Bertz CT molecular complexity index is 855. The van der Waals surface area contributed by atoms with Crippen LogP contribution in [0.25, 0.3) is 0 Å². The molecule has 2 N–H and O–H groups in total. The van der Waals surface area contributed by atoms with Crippen LogP contribution < -0.4 is 10.7 Å². The Balaban J connectivity index is 1.69. The van der Waals surface area contributed by atoms with E-state index in [9.17, 15) is 14.4 Å². The fourth-order valence-corrected chi connectivity index (χ4v) is 3.67. The monoisotopic (exact) mass is 388 g/mol. The molecule has 1 fully saturated rings. The molecule has 1 aromatic heterocycles. The van der Waals surface area contributed by atoms with Gasteiger partial charge in [-0.3, -0.25) is 15.0 Å². The van der Waals surface area contributed by atoms with Crippen LogP contribution in [0.2, 0.25) is 0 Å². The van der Waals surface area contributed by atoms with E-state index in [1.165, 1.54) is 11.8 Å². The van der Waals surface area contributed by atoms with Crippen LogP contribution in [0.5, 0.6) is 0 Å². The summed E-state index contributed by atoms with van der Waals surface area (Å²) < 4.78 is 1.79. The van der Waals surface area contributed by atoms with Crippen molar-refractivity contribution in [2.24, 2.45) is 0 Å². The van der Waals surface area contributed by atoms with Gasteiger partial charge in [-0.2, -0.15) is 5.01 Å². The van der Waals surface area contributed by atoms with Gasteiger partial charge < -0.3 is 9.88 Å². The van der Waals surface area contributed by atoms with E-state index < -0.39 is 23.4 Å². The maximum atomic E-state index is 12.9. The lowest BCUT2D eigenvalue weighted by Crippen LogP contribution is -2.49. The lowest BCUT2D eigenvalue weighted by atomic mass is 9.87. The highest BCUT2D eigenvalue weighted by molar-refractivity contribution is 7.99. The Labute approximate surface area is 160 Å². The molecule has 0 saturated carbocycles. The predicted octanol–water partition coefficient (Wildman–Crippen LogP) is 1.28. The number of hydrogen-bond acceptors (Lipinski definition) is 6. The molecule has 1 saturated heterocycles. The first-order valence-corrected chi connectivity index (χ1v) is 9.52. The molecule has 0 spiro atoms. The largest absolute Gasteiger partial charge is 0.344 e. The summed E-state index contributed by atoms with van der Waals surface area (Å²) in [5.41, 5.74) is 1.89. The van der Waals surface area contributed by atoms with Gasteiger partial charge in [0.2, 0.25) is 5.91 Å². The van der Waals surface area contributed by atoms with Gasteiger partial charge in [-0.25, -0.2) is 4.79 Å². The molecule has 10 heteroatoms. The number of urea groups is 1. The molecule has 3 rings (SSSR count). The molecule has 1 aliphatic heterocycles. The molecule has 1 atom stereocenters. The number of rotatable bonds is 7. The van der Waals surface area contributed by atoms with Crippen molar-refractivity contribution >= 4 is 29.6 Å². The number of aromatic nitrogens is 3. The Kier molecular flexibility index (Phi) is 5.45. The molecule has 142 valence electrons. The molecular weight excluding hydrogens is 368 g/mol. The zero-order valence-electron chi connectivity index (χ0n) is 15.0. The van der Waals surface area contributed by atoms with Crippen molar-refractivity contribution in [2.75, 3.05) is 5.75 Å². The highest BCUT2D eigenvalue weighted by atomic mass is 32.2. The Morgan fingerprint density at radius 3 is 2.67 bits per heavy atom. The molecule has 1 aliphatic rings. The lowest BCUT2D eigenvalue weighted by Gasteiger charge is -2.25. The number of hydrazine groups is 1. The van der Waals surface area contributed by atoms with E-state index in [0.717, 1.165) is 5.01 Å². The second kappa shape index (κ2) is 7.78. The van der Waals surface area contributed by atoms with E-state index in [-0.39, 0.29) is 5.75 Å². The SMILES string of the molecule is CCn1cnnc1SCC(=O)NN1C(=O)N[C@@](CC)(c2ccccc2)C1=O. The smallest absolute Gasteiger partial charge is 0.318 e. The van der Waals surface area contributed by atoms with Crippen molar-refractivity contribution in [3.63, 3.8) is 0 Å². The summed E-state index contributed by atoms with van der Waals surface area (Å²) in [6, 6.07) is 8.34. The summed E-state index contributed by atoms with van der Waals surface area (Å²) in [5, 5.41) is 11.8. The second-order valence-electron chi connectivity index (χ2n) is 5.92. The second-order valence-corrected chi connectivity index (χ2v) is 6.86. The summed E-state index contributed by atoms with van der Waals surface area (Å²) in [4.78, 5) is 37.5. The minimum atomic E-state index is -1.18. The molecule has 0 radical (unpaired) electrons. The van der Waals surface area contributed by atoms with Crippen LogP contribution in [-0.4, -0.2) is 43.4 Å². The Hall–Kier alpha value is -2.88. The van der Waals surface area contributed by atoms with Crippen molar-refractivity contribution in [3.8, 4) is 0 Å². The molecule has 9 nitrogen and oxygen atoms in total. The third kappa shape index (κ3) is 3.52. The van der Waals surface area contributed by atoms with Crippen LogP contribution in [0.3, 0.4) is 0 Å². The van der Waals surface area contributed by atoms with Crippen LogP contribution in [0.1, 0.15) is 25.8 Å². The summed E-state index contributed by atoms with van der Waals surface area (Å²) in [5.74, 6) is -0.981. The number of imide groups is 1. The maximum absolute atomic E-state index is 12.9. The van der Waals surface area contributed by atoms with Crippen molar-refractivity contribution in [2.45, 2.75) is 37.5 Å². The first-order chi connectivity index (χ1) is 13.0. The fraction of sp³-hybridized carbons (Fsp3) is 0.353. The standard InChI is InChI=1S/C17H20N6O3S/c1-3-17(12-8-6-5-7-9-12)14(25)23(15(26)19-17)21-13(24)10-27-16-20-18-11-22(16)4-2/h5-9,11H,3-4,10H2,1-2H3,(H,19,26)(H,21,24)/t17-/m0/s1. The van der Waals surface area contributed by atoms with Gasteiger partial charge in [-0.15, -0.1) is 10.2 Å². The summed E-state index contributed by atoms with van der Waals surface area (Å²) in [7, 11) is 0. The molecule has 0 bridgehead atoms. The van der Waals surface area contributed by atoms with Gasteiger partial charge in [0.05, 0.1) is 5.75 Å². The van der Waals surface area contributed by atoms with Crippen LogP contribution in [0, 0.1) is 0 Å². The first-order valence-electron chi connectivity index (χ1n) is 8.54. The van der Waals surface area contributed by atoms with Crippen molar-refractivity contribution in [1.82, 2.24) is 30.5 Å². The summed E-state index contributed by atoms with van der Waals surface area (Å²) in [6.45, 7) is 4.43. The van der Waals surface area contributed by atoms with Gasteiger partial charge in [0, 0.05) is 6.54 Å². The Morgan fingerprint density at radius 2 is 2.00 bits per heavy atom. The quantitative estimate of drug-likeness (QED) is 0.546. The molecule has 27 heavy (non-hydrogen) atoms. The number of nitrogens with one attached hydrogen (secondary N) is 2. The predicted molar refractivity (Wildman–Crippen MR) is 98.4 cm³/mol. The van der Waals surface area contributed by atoms with E-state index in [1.807, 2.05) is 19.9 Å². The van der Waals surface area contributed by atoms with Crippen molar-refractivity contribution in [1.29, 1.82) is 0 Å². The summed E-state index contributed by atoms with van der Waals surface area (Å²) >= 11 is 1.18. The number of hydrogen-bond donors (Lipinski definition) is 2. The zero-order valence-corrected chi connectivity index (χ0v) is 15.8. The molecule has 2 aromatic rings. The van der Waals surface area contributed by atoms with Crippen molar-refractivity contribution < 1.29 is 14.4 Å². The lowest BCUT2D eigenvalue weighted by molar-refractivity contribution is -0.138. The number of carbonyl (C=O) groups excluding carboxylic acids is 3. The summed E-state index contributed by atoms with van der Waals surface area (Å²) in [6.07, 6.45) is 1.94. The highest BCUT2D eigenvalue weighted by Crippen LogP contribution is 2.31. The maximum Gasteiger partial charge on any atom is 0.344 e. The van der Waals surface area contributed by atoms with E-state index >= 15 is 0 Å². The van der Waals surface area contributed by atoms with Crippen LogP contribution in [0.4, 0.5) is 4.79 Å². The third-order valence-electron chi connectivity index (χ3n) is 4.38. The van der Waals surface area contributed by atoms with Crippen LogP contribution in [0.15, 0.2) is 41.8 Å². The molecule has 2 heterocycles. The van der Waals surface area contributed by atoms with E-state index in [2.05, 4.69) is 20.9 Å². The Morgan fingerprint density at radius 1 is 1.26 bits per heavy atom. The van der Waals surface area contributed by atoms with Gasteiger partial charge in [0.15, 0.2) is 5.16 Å². The van der Waals surface area contributed by atoms with Gasteiger partial charge in [-0.1, -0.05) is 49.0 Å². The average molecular weight is 388 g/mol. The molecule has 1 aromatic carbocycles. The molecule has 0 aliphatic carbocycles. The number of aryl methyl sites for hydroxylation is 1. The van der Waals surface area contributed by atoms with Gasteiger partial charge in [0.25, 0.3) is 5.91 Å². The number of carbonyl (C=O) groups is 3. The number of benzene rings is 1. The zero-order chi connectivity index (χ0) is 19.4. The third-order valence-corrected chi connectivity index (χ3v) is 5.36. The fourth-order valence-electron chi connectivity index (χ4n) is 2.90. The van der Waals surface area contributed by atoms with E-state index in [4.69, 9.17) is 0 Å². The molecular formula is C17H20N6O3S. The molecule has 4 amide bonds. The highest BCUT2D eigenvalue weighted by Gasteiger charge is 2.52. The van der Waals surface area contributed by atoms with Crippen LogP contribution in [-0.2, 0) is 21.7 Å². The normalized spacial score (nSPS) is 19.3.